The smallest absolute Gasteiger partial charge is 0.122 e. The molecule has 1 aromatic rings. The Morgan fingerprint density at radius 2 is 2.19 bits per heavy atom. The van der Waals surface area contributed by atoms with Crippen LogP contribution in [0.15, 0.2) is 24.3 Å². The van der Waals surface area contributed by atoms with E-state index in [9.17, 15) is 4.21 Å². The van der Waals surface area contributed by atoms with Crippen LogP contribution in [0.1, 0.15) is 5.56 Å². The molecule has 1 atom stereocenters. The highest BCUT2D eigenvalue weighted by atomic mass is 32.2. The van der Waals surface area contributed by atoms with E-state index < -0.39 is 10.8 Å². The van der Waals surface area contributed by atoms with Crippen LogP contribution in [0.5, 0.6) is 5.75 Å². The molecule has 1 aromatic carbocycles. The molecular formula is C12H17NO2S. The monoisotopic (exact) mass is 239 g/mol. The third kappa shape index (κ3) is 2.83. The van der Waals surface area contributed by atoms with Crippen molar-refractivity contribution in [3.8, 4) is 5.75 Å². The van der Waals surface area contributed by atoms with Crippen LogP contribution < -0.4 is 10.1 Å². The van der Waals surface area contributed by atoms with Crippen LogP contribution >= 0.6 is 0 Å². The Morgan fingerprint density at radius 1 is 1.44 bits per heavy atom. The minimum atomic E-state index is -0.782. The maximum Gasteiger partial charge on any atom is 0.122 e. The first-order chi connectivity index (χ1) is 7.79. The normalized spacial score (nSPS) is 17.8. The molecule has 1 saturated heterocycles. The van der Waals surface area contributed by atoms with Crippen LogP contribution in [0.4, 0.5) is 0 Å². The molecular weight excluding hydrogens is 222 g/mol. The van der Waals surface area contributed by atoms with Gasteiger partial charge in [-0.05, 0) is 12.0 Å². The molecule has 0 aromatic heterocycles. The molecule has 0 saturated carbocycles. The van der Waals surface area contributed by atoms with Crippen molar-refractivity contribution in [3.63, 3.8) is 0 Å². The van der Waals surface area contributed by atoms with Crippen molar-refractivity contribution < 1.29 is 8.95 Å². The average molecular weight is 239 g/mol. The van der Waals surface area contributed by atoms with Crippen LogP contribution in [-0.2, 0) is 16.6 Å². The molecule has 0 radical (unpaired) electrons. The second kappa shape index (κ2) is 5.46. The Morgan fingerprint density at radius 3 is 2.81 bits per heavy atom. The first kappa shape index (κ1) is 11.6. The van der Waals surface area contributed by atoms with Crippen molar-refractivity contribution >= 4 is 10.8 Å². The number of nitrogens with one attached hydrogen (secondary N) is 1. The van der Waals surface area contributed by atoms with Crippen LogP contribution in [-0.4, -0.2) is 30.2 Å². The molecule has 0 amide bonds. The summed E-state index contributed by atoms with van der Waals surface area (Å²) in [4.78, 5) is 0. The van der Waals surface area contributed by atoms with Gasteiger partial charge in [-0.15, -0.1) is 0 Å². The Bertz CT molecular complexity index is 377. The summed E-state index contributed by atoms with van der Waals surface area (Å²) in [6.07, 6.45) is 0. The van der Waals surface area contributed by atoms with E-state index in [0.717, 1.165) is 30.2 Å². The van der Waals surface area contributed by atoms with Crippen molar-refractivity contribution in [1.29, 1.82) is 0 Å². The molecule has 0 aliphatic carbocycles. The maximum absolute atomic E-state index is 11.9. The van der Waals surface area contributed by atoms with Gasteiger partial charge in [0, 0.05) is 35.2 Å². The Kier molecular flexibility index (Phi) is 3.96. The third-order valence-electron chi connectivity index (χ3n) is 2.80. The van der Waals surface area contributed by atoms with Crippen molar-refractivity contribution in [2.45, 2.75) is 5.75 Å². The van der Waals surface area contributed by atoms with E-state index in [1.54, 1.807) is 7.11 Å². The fourth-order valence-electron chi connectivity index (χ4n) is 1.78. The number of ether oxygens (including phenoxy) is 1. The van der Waals surface area contributed by atoms with Gasteiger partial charge in [-0.25, -0.2) is 0 Å². The quantitative estimate of drug-likeness (QED) is 0.838. The molecule has 16 heavy (non-hydrogen) atoms. The van der Waals surface area contributed by atoms with Gasteiger partial charge in [-0.2, -0.15) is 0 Å². The number of methoxy groups -OCH3 is 1. The number of para-hydroxylation sites is 1. The van der Waals surface area contributed by atoms with Crippen LogP contribution in [0.25, 0.3) is 0 Å². The predicted octanol–water partition coefficient (Wildman–Crippen LogP) is 1.16. The highest BCUT2D eigenvalue weighted by Crippen LogP contribution is 2.19. The van der Waals surface area contributed by atoms with E-state index in [1.807, 2.05) is 24.3 Å². The fourth-order valence-corrected chi connectivity index (χ4v) is 3.25. The summed E-state index contributed by atoms with van der Waals surface area (Å²) in [5, 5.41) is 3.19. The first-order valence-corrected chi connectivity index (χ1v) is 6.96. The molecule has 0 bridgehead atoms. The Balaban J connectivity index is 1.94. The lowest BCUT2D eigenvalue weighted by Crippen LogP contribution is -2.44. The SMILES string of the molecule is COc1ccccc1CS(=O)CC1CNC1. The number of rotatable bonds is 5. The first-order valence-electron chi connectivity index (χ1n) is 5.47. The van der Waals surface area contributed by atoms with Crippen LogP contribution in [0.3, 0.4) is 0 Å². The van der Waals surface area contributed by atoms with Gasteiger partial charge in [-0.1, -0.05) is 18.2 Å². The number of hydrogen-bond donors (Lipinski definition) is 1. The lowest BCUT2D eigenvalue weighted by molar-refractivity contribution is 0.382. The minimum Gasteiger partial charge on any atom is -0.496 e. The van der Waals surface area contributed by atoms with Crippen LogP contribution in [0.2, 0.25) is 0 Å². The molecule has 1 fully saturated rings. The van der Waals surface area contributed by atoms with Gasteiger partial charge in [0.2, 0.25) is 0 Å². The van der Waals surface area contributed by atoms with Gasteiger partial charge < -0.3 is 10.1 Å². The summed E-state index contributed by atoms with van der Waals surface area (Å²) in [6.45, 7) is 2.02. The van der Waals surface area contributed by atoms with E-state index >= 15 is 0 Å². The van der Waals surface area contributed by atoms with E-state index in [0.29, 0.717) is 11.7 Å². The Hall–Kier alpha value is -0.870. The van der Waals surface area contributed by atoms with E-state index in [4.69, 9.17) is 4.74 Å². The lowest BCUT2D eigenvalue weighted by Gasteiger charge is -2.26. The fraction of sp³-hybridized carbons (Fsp3) is 0.500. The van der Waals surface area contributed by atoms with E-state index in [1.165, 1.54) is 0 Å². The van der Waals surface area contributed by atoms with Gasteiger partial charge in [0.25, 0.3) is 0 Å². The van der Waals surface area contributed by atoms with Crippen molar-refractivity contribution in [2.24, 2.45) is 5.92 Å². The van der Waals surface area contributed by atoms with Gasteiger partial charge in [0.15, 0.2) is 0 Å². The van der Waals surface area contributed by atoms with Gasteiger partial charge in [0.1, 0.15) is 5.75 Å². The average Bonchev–Trinajstić information content (AvgIpc) is 2.24. The highest BCUT2D eigenvalue weighted by Gasteiger charge is 2.19. The Labute approximate surface area is 98.7 Å². The highest BCUT2D eigenvalue weighted by molar-refractivity contribution is 7.84. The van der Waals surface area contributed by atoms with Gasteiger partial charge in [0.05, 0.1) is 12.9 Å². The summed E-state index contributed by atoms with van der Waals surface area (Å²) in [6, 6.07) is 7.79. The third-order valence-corrected chi connectivity index (χ3v) is 4.27. The molecule has 1 unspecified atom stereocenters. The van der Waals surface area contributed by atoms with Crippen molar-refractivity contribution in [3.05, 3.63) is 29.8 Å². The second-order valence-electron chi connectivity index (χ2n) is 4.09. The standard InChI is InChI=1S/C12H17NO2S/c1-15-12-5-3-2-4-11(12)9-16(14)8-10-6-13-7-10/h2-5,10,13H,6-9H2,1H3. The molecule has 88 valence electrons. The van der Waals surface area contributed by atoms with E-state index in [2.05, 4.69) is 5.32 Å². The summed E-state index contributed by atoms with van der Waals surface area (Å²) < 4.78 is 17.2. The summed E-state index contributed by atoms with van der Waals surface area (Å²) in [5.74, 6) is 2.82. The molecule has 1 aliphatic rings. The van der Waals surface area contributed by atoms with Crippen molar-refractivity contribution in [2.75, 3.05) is 26.0 Å². The zero-order valence-corrected chi connectivity index (χ0v) is 10.3. The van der Waals surface area contributed by atoms with Gasteiger partial charge in [-0.3, -0.25) is 4.21 Å². The molecule has 4 heteroatoms. The number of hydrogen-bond acceptors (Lipinski definition) is 3. The maximum atomic E-state index is 11.9. The topological polar surface area (TPSA) is 38.3 Å². The van der Waals surface area contributed by atoms with Crippen LogP contribution in [0, 0.1) is 5.92 Å². The molecule has 1 N–H and O–H groups in total. The van der Waals surface area contributed by atoms with Gasteiger partial charge >= 0.3 is 0 Å². The van der Waals surface area contributed by atoms with Crippen molar-refractivity contribution in [1.82, 2.24) is 5.32 Å². The predicted molar refractivity (Wildman–Crippen MR) is 66.1 cm³/mol. The molecule has 1 heterocycles. The molecule has 1 aliphatic heterocycles. The largest absolute Gasteiger partial charge is 0.496 e. The number of benzene rings is 1. The molecule has 3 nitrogen and oxygen atoms in total. The minimum absolute atomic E-state index is 0.593. The zero-order chi connectivity index (χ0) is 11.4. The second-order valence-corrected chi connectivity index (χ2v) is 5.59. The molecule has 0 spiro atoms. The zero-order valence-electron chi connectivity index (χ0n) is 9.44. The lowest BCUT2D eigenvalue weighted by atomic mass is 10.1. The summed E-state index contributed by atoms with van der Waals surface area (Å²) >= 11 is 0. The summed E-state index contributed by atoms with van der Waals surface area (Å²) in [7, 11) is 0.869. The van der Waals surface area contributed by atoms with E-state index in [-0.39, 0.29) is 0 Å². The summed E-state index contributed by atoms with van der Waals surface area (Å²) in [5.41, 5.74) is 1.04. The molecule has 2 rings (SSSR count).